The molecule has 0 saturated heterocycles. The van der Waals surface area contributed by atoms with Crippen LogP contribution >= 0.6 is 31.9 Å². The lowest BCUT2D eigenvalue weighted by Gasteiger charge is -2.07. The molecule has 0 spiro atoms. The summed E-state index contributed by atoms with van der Waals surface area (Å²) in [5.41, 5.74) is 2.37. The predicted molar refractivity (Wildman–Crippen MR) is 74.6 cm³/mol. The fraction of sp³-hybridized carbons (Fsp3) is 0.167. The third kappa shape index (κ3) is 2.89. The molecule has 0 radical (unpaired) electrons. The smallest absolute Gasteiger partial charge is 0.0498 e. The Labute approximate surface area is 112 Å². The Morgan fingerprint density at radius 3 is 2.75 bits per heavy atom. The molecular formula is C12H12Br2N2. The summed E-state index contributed by atoms with van der Waals surface area (Å²) in [7, 11) is 2.03. The van der Waals surface area contributed by atoms with E-state index < -0.39 is 0 Å². The molecule has 2 rings (SSSR count). The maximum Gasteiger partial charge on any atom is 0.0498 e. The highest BCUT2D eigenvalue weighted by Crippen LogP contribution is 2.26. The third-order valence-electron chi connectivity index (χ3n) is 2.30. The van der Waals surface area contributed by atoms with E-state index in [4.69, 9.17) is 0 Å². The summed E-state index contributed by atoms with van der Waals surface area (Å²) < 4.78 is 4.20. The van der Waals surface area contributed by atoms with Crippen molar-refractivity contribution in [2.75, 3.05) is 5.32 Å². The molecule has 16 heavy (non-hydrogen) atoms. The van der Waals surface area contributed by atoms with Gasteiger partial charge < -0.3 is 9.88 Å². The molecule has 0 aliphatic heterocycles. The van der Waals surface area contributed by atoms with Gasteiger partial charge in [0.2, 0.25) is 0 Å². The van der Waals surface area contributed by atoms with Crippen molar-refractivity contribution in [3.05, 3.63) is 51.2 Å². The molecule has 2 aromatic rings. The van der Waals surface area contributed by atoms with Gasteiger partial charge in [-0.2, -0.15) is 0 Å². The first-order valence-electron chi connectivity index (χ1n) is 4.95. The van der Waals surface area contributed by atoms with Crippen LogP contribution in [0.25, 0.3) is 0 Å². The second kappa shape index (κ2) is 5.06. The van der Waals surface area contributed by atoms with Crippen LogP contribution in [0.5, 0.6) is 0 Å². The molecule has 0 fully saturated rings. The number of aryl methyl sites for hydroxylation is 1. The molecule has 4 heteroatoms. The van der Waals surface area contributed by atoms with E-state index in [-0.39, 0.29) is 0 Å². The average molecular weight is 344 g/mol. The fourth-order valence-electron chi connectivity index (χ4n) is 1.50. The molecule has 0 unspecified atom stereocenters. The lowest BCUT2D eigenvalue weighted by Crippen LogP contribution is -1.99. The predicted octanol–water partition coefficient (Wildman–Crippen LogP) is 4.16. The zero-order chi connectivity index (χ0) is 11.5. The first-order chi connectivity index (χ1) is 7.65. The minimum absolute atomic E-state index is 0.829. The van der Waals surface area contributed by atoms with E-state index >= 15 is 0 Å². The van der Waals surface area contributed by atoms with Crippen LogP contribution in [-0.2, 0) is 13.6 Å². The van der Waals surface area contributed by atoms with Gasteiger partial charge in [0.25, 0.3) is 0 Å². The van der Waals surface area contributed by atoms with Crippen LogP contribution in [0.2, 0.25) is 0 Å². The van der Waals surface area contributed by atoms with Crippen LogP contribution in [-0.4, -0.2) is 4.57 Å². The van der Waals surface area contributed by atoms with Gasteiger partial charge in [-0.1, -0.05) is 15.9 Å². The van der Waals surface area contributed by atoms with Gasteiger partial charge in [-0.05, 0) is 45.8 Å². The Morgan fingerprint density at radius 2 is 2.06 bits per heavy atom. The van der Waals surface area contributed by atoms with Gasteiger partial charge in [0.15, 0.2) is 0 Å². The molecule has 0 saturated carbocycles. The van der Waals surface area contributed by atoms with Crippen molar-refractivity contribution in [1.82, 2.24) is 4.57 Å². The molecule has 1 aromatic heterocycles. The molecule has 0 aliphatic rings. The van der Waals surface area contributed by atoms with Gasteiger partial charge in [0.1, 0.15) is 0 Å². The monoisotopic (exact) mass is 342 g/mol. The van der Waals surface area contributed by atoms with Crippen molar-refractivity contribution >= 4 is 37.5 Å². The molecule has 0 atom stereocenters. The lowest BCUT2D eigenvalue weighted by atomic mass is 10.3. The summed E-state index contributed by atoms with van der Waals surface area (Å²) in [5, 5.41) is 3.39. The first kappa shape index (κ1) is 11.7. The number of nitrogens with zero attached hydrogens (tertiary/aromatic N) is 1. The summed E-state index contributed by atoms with van der Waals surface area (Å²) >= 11 is 6.98. The molecule has 2 nitrogen and oxygen atoms in total. The van der Waals surface area contributed by atoms with Crippen molar-refractivity contribution < 1.29 is 0 Å². The van der Waals surface area contributed by atoms with Crippen LogP contribution in [0, 0.1) is 0 Å². The van der Waals surface area contributed by atoms with Gasteiger partial charge in [-0.3, -0.25) is 0 Å². The standard InChI is InChI=1S/C12H12Br2N2/c1-16-5-4-9(8-16)7-15-12-6-10(13)2-3-11(12)14/h2-6,8,15H,7H2,1H3. The second-order valence-corrected chi connectivity index (χ2v) is 5.43. The van der Waals surface area contributed by atoms with Gasteiger partial charge in [-0.15, -0.1) is 0 Å². The minimum atomic E-state index is 0.829. The molecular weight excluding hydrogens is 332 g/mol. The van der Waals surface area contributed by atoms with Crippen LogP contribution in [0.1, 0.15) is 5.56 Å². The van der Waals surface area contributed by atoms with Crippen molar-refractivity contribution in [1.29, 1.82) is 0 Å². The summed E-state index contributed by atoms with van der Waals surface area (Å²) in [5.74, 6) is 0. The van der Waals surface area contributed by atoms with Crippen molar-refractivity contribution in [2.45, 2.75) is 6.54 Å². The van der Waals surface area contributed by atoms with Crippen LogP contribution in [0.15, 0.2) is 45.6 Å². The topological polar surface area (TPSA) is 17.0 Å². The number of aromatic nitrogens is 1. The van der Waals surface area contributed by atoms with Gasteiger partial charge in [0.05, 0.1) is 0 Å². The molecule has 0 amide bonds. The summed E-state index contributed by atoms with van der Waals surface area (Å²) in [6.45, 7) is 0.829. The summed E-state index contributed by atoms with van der Waals surface area (Å²) in [4.78, 5) is 0. The van der Waals surface area contributed by atoms with Gasteiger partial charge >= 0.3 is 0 Å². The molecule has 84 valence electrons. The fourth-order valence-corrected chi connectivity index (χ4v) is 2.24. The SMILES string of the molecule is Cn1ccc(CNc2cc(Br)ccc2Br)c1. The number of benzene rings is 1. The maximum absolute atomic E-state index is 3.52. The maximum atomic E-state index is 3.52. The quantitative estimate of drug-likeness (QED) is 0.885. The Bertz CT molecular complexity index is 492. The van der Waals surface area contributed by atoms with E-state index in [0.29, 0.717) is 0 Å². The Hall–Kier alpha value is -0.740. The van der Waals surface area contributed by atoms with E-state index in [2.05, 4.69) is 55.5 Å². The third-order valence-corrected chi connectivity index (χ3v) is 3.49. The number of hydrogen-bond acceptors (Lipinski definition) is 1. The van der Waals surface area contributed by atoms with Crippen LogP contribution in [0.4, 0.5) is 5.69 Å². The van der Waals surface area contributed by atoms with E-state index in [1.165, 1.54) is 5.56 Å². The number of anilines is 1. The van der Waals surface area contributed by atoms with Crippen molar-refractivity contribution in [2.24, 2.45) is 7.05 Å². The number of rotatable bonds is 3. The minimum Gasteiger partial charge on any atom is -0.380 e. The van der Waals surface area contributed by atoms with E-state index in [1.807, 2.05) is 29.9 Å². The Morgan fingerprint density at radius 1 is 1.25 bits per heavy atom. The molecule has 1 heterocycles. The lowest BCUT2D eigenvalue weighted by molar-refractivity contribution is 0.920. The highest BCUT2D eigenvalue weighted by molar-refractivity contribution is 9.11. The van der Waals surface area contributed by atoms with Gasteiger partial charge in [0, 0.05) is 40.6 Å². The van der Waals surface area contributed by atoms with E-state index in [0.717, 1.165) is 21.2 Å². The van der Waals surface area contributed by atoms with Crippen molar-refractivity contribution in [3.8, 4) is 0 Å². The molecule has 1 N–H and O–H groups in total. The second-order valence-electron chi connectivity index (χ2n) is 3.66. The summed E-state index contributed by atoms with van der Waals surface area (Å²) in [6, 6.07) is 8.21. The number of nitrogens with one attached hydrogen (secondary N) is 1. The molecule has 1 aromatic carbocycles. The number of hydrogen-bond donors (Lipinski definition) is 1. The molecule has 0 bridgehead atoms. The average Bonchev–Trinajstić information content (AvgIpc) is 2.66. The zero-order valence-electron chi connectivity index (χ0n) is 8.87. The Balaban J connectivity index is 2.07. The van der Waals surface area contributed by atoms with Crippen LogP contribution in [0.3, 0.4) is 0 Å². The van der Waals surface area contributed by atoms with E-state index in [1.54, 1.807) is 0 Å². The number of halogens is 2. The summed E-state index contributed by atoms with van der Waals surface area (Å²) in [6.07, 6.45) is 4.16. The Kier molecular flexibility index (Phi) is 3.71. The molecule has 0 aliphatic carbocycles. The zero-order valence-corrected chi connectivity index (χ0v) is 12.0. The normalized spacial score (nSPS) is 10.4. The highest BCUT2D eigenvalue weighted by Gasteiger charge is 2.00. The van der Waals surface area contributed by atoms with E-state index in [9.17, 15) is 0 Å². The first-order valence-corrected chi connectivity index (χ1v) is 6.53. The van der Waals surface area contributed by atoms with Gasteiger partial charge in [-0.25, -0.2) is 0 Å². The van der Waals surface area contributed by atoms with Crippen molar-refractivity contribution in [3.63, 3.8) is 0 Å². The van der Waals surface area contributed by atoms with Crippen LogP contribution < -0.4 is 5.32 Å². The highest BCUT2D eigenvalue weighted by atomic mass is 79.9. The largest absolute Gasteiger partial charge is 0.380 e.